The zero-order valence-corrected chi connectivity index (χ0v) is 12.7. The van der Waals surface area contributed by atoms with Crippen molar-refractivity contribution in [3.63, 3.8) is 0 Å². The average molecular weight is 298 g/mol. The summed E-state index contributed by atoms with van der Waals surface area (Å²) in [6, 6.07) is 7.62. The molecule has 0 amide bonds. The summed E-state index contributed by atoms with van der Waals surface area (Å²) in [7, 11) is 0. The van der Waals surface area contributed by atoms with Crippen LogP contribution in [0.25, 0.3) is 0 Å². The molecule has 1 aliphatic heterocycles. The van der Waals surface area contributed by atoms with Crippen LogP contribution in [0.3, 0.4) is 0 Å². The third-order valence-corrected chi connectivity index (χ3v) is 3.96. The number of halogens is 1. The molecule has 1 heterocycles. The van der Waals surface area contributed by atoms with E-state index in [1.807, 2.05) is 24.3 Å². The van der Waals surface area contributed by atoms with Gasteiger partial charge in [-0.3, -0.25) is 4.90 Å². The summed E-state index contributed by atoms with van der Waals surface area (Å²) in [4.78, 5) is 4.92. The highest BCUT2D eigenvalue weighted by atomic mass is 35.5. The molecule has 1 saturated heterocycles. The molecule has 20 heavy (non-hydrogen) atoms. The van der Waals surface area contributed by atoms with Crippen molar-refractivity contribution in [1.29, 1.82) is 0 Å². The Labute approximate surface area is 126 Å². The molecule has 1 aromatic rings. The van der Waals surface area contributed by atoms with Gasteiger partial charge in [-0.1, -0.05) is 23.7 Å². The Bertz CT molecular complexity index is 394. The zero-order chi connectivity index (χ0) is 14.2. The number of benzene rings is 1. The lowest BCUT2D eigenvalue weighted by Crippen LogP contribution is -2.47. The van der Waals surface area contributed by atoms with Crippen LogP contribution in [0.15, 0.2) is 24.3 Å². The molecule has 0 bridgehead atoms. The summed E-state index contributed by atoms with van der Waals surface area (Å²) >= 11 is 6.06. The van der Waals surface area contributed by atoms with Crippen LogP contribution in [0, 0.1) is 0 Å². The highest BCUT2D eigenvalue weighted by Gasteiger charge is 2.15. The third-order valence-electron chi connectivity index (χ3n) is 3.65. The van der Waals surface area contributed by atoms with Crippen LogP contribution in [-0.2, 0) is 0 Å². The van der Waals surface area contributed by atoms with Crippen LogP contribution in [-0.4, -0.2) is 62.2 Å². The Morgan fingerprint density at radius 1 is 1.05 bits per heavy atom. The van der Waals surface area contributed by atoms with Gasteiger partial charge in [-0.25, -0.2) is 0 Å². The molecule has 0 spiro atoms. The van der Waals surface area contributed by atoms with Crippen molar-refractivity contribution in [1.82, 2.24) is 9.80 Å². The standard InChI is InChI=1S/C15H24ClN3O/c16-14-4-1-2-5-15(14)20-13-12-19-10-8-18(9-11-19)7-3-6-17/h1-2,4-5H,3,6-13,17H2. The van der Waals surface area contributed by atoms with Gasteiger partial charge in [0.25, 0.3) is 0 Å². The van der Waals surface area contributed by atoms with Gasteiger partial charge in [-0.2, -0.15) is 0 Å². The molecule has 112 valence electrons. The number of hydrogen-bond donors (Lipinski definition) is 1. The van der Waals surface area contributed by atoms with Crippen LogP contribution in [0.4, 0.5) is 0 Å². The number of nitrogens with zero attached hydrogens (tertiary/aromatic N) is 2. The van der Waals surface area contributed by atoms with E-state index >= 15 is 0 Å². The van der Waals surface area contributed by atoms with Gasteiger partial charge in [0.2, 0.25) is 0 Å². The quantitative estimate of drug-likeness (QED) is 0.831. The van der Waals surface area contributed by atoms with Gasteiger partial charge in [0, 0.05) is 32.7 Å². The Kier molecular flexibility index (Phi) is 6.60. The second kappa shape index (κ2) is 8.47. The van der Waals surface area contributed by atoms with Crippen molar-refractivity contribution in [2.75, 3.05) is 52.4 Å². The number of para-hydroxylation sites is 1. The molecule has 0 unspecified atom stereocenters. The highest BCUT2D eigenvalue weighted by molar-refractivity contribution is 6.32. The molecular weight excluding hydrogens is 274 g/mol. The van der Waals surface area contributed by atoms with E-state index in [1.165, 1.54) is 0 Å². The van der Waals surface area contributed by atoms with Gasteiger partial charge in [0.1, 0.15) is 12.4 Å². The molecule has 2 rings (SSSR count). The average Bonchev–Trinajstić information content (AvgIpc) is 2.48. The smallest absolute Gasteiger partial charge is 0.137 e. The highest BCUT2D eigenvalue weighted by Crippen LogP contribution is 2.22. The predicted octanol–water partition coefficient (Wildman–Crippen LogP) is 1.69. The SMILES string of the molecule is NCCCN1CCN(CCOc2ccccc2Cl)CC1. The van der Waals surface area contributed by atoms with E-state index in [-0.39, 0.29) is 0 Å². The zero-order valence-electron chi connectivity index (χ0n) is 11.9. The minimum absolute atomic E-state index is 0.680. The number of rotatable bonds is 7. The first-order chi connectivity index (χ1) is 9.79. The summed E-state index contributed by atoms with van der Waals surface area (Å²) in [5, 5.41) is 0.680. The fourth-order valence-corrected chi connectivity index (χ4v) is 2.59. The van der Waals surface area contributed by atoms with Crippen molar-refractivity contribution >= 4 is 11.6 Å². The van der Waals surface area contributed by atoms with Crippen molar-refractivity contribution in [2.24, 2.45) is 5.73 Å². The monoisotopic (exact) mass is 297 g/mol. The van der Waals surface area contributed by atoms with Gasteiger partial charge in [-0.15, -0.1) is 0 Å². The fraction of sp³-hybridized carbons (Fsp3) is 0.600. The second-order valence-electron chi connectivity index (χ2n) is 5.10. The largest absolute Gasteiger partial charge is 0.491 e. The first-order valence-corrected chi connectivity index (χ1v) is 7.69. The summed E-state index contributed by atoms with van der Waals surface area (Å²) in [6.45, 7) is 8.03. The number of ether oxygens (including phenoxy) is 1. The van der Waals surface area contributed by atoms with Crippen LogP contribution in [0.1, 0.15) is 6.42 Å². The Hall–Kier alpha value is -0.810. The summed E-state index contributed by atoms with van der Waals surface area (Å²) in [5.41, 5.74) is 5.54. The van der Waals surface area contributed by atoms with Crippen molar-refractivity contribution in [3.05, 3.63) is 29.3 Å². The maximum Gasteiger partial charge on any atom is 0.137 e. The van der Waals surface area contributed by atoms with Crippen molar-refractivity contribution in [2.45, 2.75) is 6.42 Å². The molecule has 1 aromatic carbocycles. The number of nitrogens with two attached hydrogens (primary N) is 1. The molecule has 1 aliphatic rings. The Balaban J connectivity index is 1.63. The van der Waals surface area contributed by atoms with Crippen molar-refractivity contribution < 1.29 is 4.74 Å². The van der Waals surface area contributed by atoms with E-state index < -0.39 is 0 Å². The van der Waals surface area contributed by atoms with E-state index in [2.05, 4.69) is 9.80 Å². The van der Waals surface area contributed by atoms with Crippen LogP contribution < -0.4 is 10.5 Å². The molecule has 5 heteroatoms. The molecule has 0 atom stereocenters. The molecule has 0 saturated carbocycles. The molecular formula is C15H24ClN3O. The molecule has 0 radical (unpaired) electrons. The van der Waals surface area contributed by atoms with Gasteiger partial charge in [0.15, 0.2) is 0 Å². The summed E-state index contributed by atoms with van der Waals surface area (Å²) < 4.78 is 5.73. The van der Waals surface area contributed by atoms with E-state index in [4.69, 9.17) is 22.1 Å². The molecule has 2 N–H and O–H groups in total. The normalized spacial score (nSPS) is 17.3. The first kappa shape index (κ1) is 15.6. The van der Waals surface area contributed by atoms with E-state index in [1.54, 1.807) is 0 Å². The number of hydrogen-bond acceptors (Lipinski definition) is 4. The number of piperazine rings is 1. The predicted molar refractivity (Wildman–Crippen MR) is 83.5 cm³/mol. The maximum atomic E-state index is 6.06. The summed E-state index contributed by atoms with van der Waals surface area (Å²) in [6.07, 6.45) is 1.09. The molecule has 1 fully saturated rings. The van der Waals surface area contributed by atoms with Crippen LogP contribution in [0.5, 0.6) is 5.75 Å². The third kappa shape index (κ3) is 4.94. The lowest BCUT2D eigenvalue weighted by molar-refractivity contribution is 0.116. The molecule has 0 aromatic heterocycles. The van der Waals surface area contributed by atoms with E-state index in [0.717, 1.165) is 58.0 Å². The fourth-order valence-electron chi connectivity index (χ4n) is 2.40. The van der Waals surface area contributed by atoms with Crippen LogP contribution in [0.2, 0.25) is 5.02 Å². The van der Waals surface area contributed by atoms with Gasteiger partial charge >= 0.3 is 0 Å². The lowest BCUT2D eigenvalue weighted by Gasteiger charge is -2.34. The van der Waals surface area contributed by atoms with Crippen molar-refractivity contribution in [3.8, 4) is 5.75 Å². The maximum absolute atomic E-state index is 6.06. The van der Waals surface area contributed by atoms with E-state index in [9.17, 15) is 0 Å². The van der Waals surface area contributed by atoms with Gasteiger partial charge < -0.3 is 15.4 Å². The van der Waals surface area contributed by atoms with Gasteiger partial charge in [0.05, 0.1) is 5.02 Å². The Morgan fingerprint density at radius 2 is 1.70 bits per heavy atom. The first-order valence-electron chi connectivity index (χ1n) is 7.31. The summed E-state index contributed by atoms with van der Waals surface area (Å²) in [5.74, 6) is 0.774. The minimum Gasteiger partial charge on any atom is -0.491 e. The molecule has 0 aliphatic carbocycles. The van der Waals surface area contributed by atoms with Gasteiger partial charge in [-0.05, 0) is 31.6 Å². The Morgan fingerprint density at radius 3 is 2.35 bits per heavy atom. The molecule has 4 nitrogen and oxygen atoms in total. The van der Waals surface area contributed by atoms with Crippen LogP contribution >= 0.6 is 11.6 Å². The van der Waals surface area contributed by atoms with E-state index in [0.29, 0.717) is 11.6 Å². The minimum atomic E-state index is 0.680. The lowest BCUT2D eigenvalue weighted by atomic mass is 10.3. The topological polar surface area (TPSA) is 41.7 Å². The second-order valence-corrected chi connectivity index (χ2v) is 5.51.